The molecular formula is C18H32N2O. The zero-order chi connectivity index (χ0) is 15.5. The fourth-order valence-corrected chi connectivity index (χ4v) is 3.17. The van der Waals surface area contributed by atoms with Gasteiger partial charge in [-0.15, -0.1) is 0 Å². The average Bonchev–Trinajstić information content (AvgIpc) is 3.03. The van der Waals surface area contributed by atoms with Crippen LogP contribution in [0, 0.1) is 6.92 Å². The molecule has 1 aromatic rings. The van der Waals surface area contributed by atoms with E-state index in [0.717, 1.165) is 37.2 Å². The lowest BCUT2D eigenvalue weighted by atomic mass is 10.1. The van der Waals surface area contributed by atoms with E-state index < -0.39 is 0 Å². The standard InChI is InChI=1S/C18H32N2O/c1-6-20(16-9-7-8-10-16)13-15-11-17(21-14(15)2)12-19-18(3,4)5/h11,16,19H,6-10,12-13H2,1-5H3. The average molecular weight is 292 g/mol. The predicted molar refractivity (Wildman–Crippen MR) is 88.4 cm³/mol. The zero-order valence-corrected chi connectivity index (χ0v) is 14.5. The van der Waals surface area contributed by atoms with Gasteiger partial charge in [0.1, 0.15) is 11.5 Å². The van der Waals surface area contributed by atoms with Crippen LogP contribution >= 0.6 is 0 Å². The molecule has 1 aromatic heterocycles. The summed E-state index contributed by atoms with van der Waals surface area (Å²) < 4.78 is 5.93. The summed E-state index contributed by atoms with van der Waals surface area (Å²) in [4.78, 5) is 2.62. The zero-order valence-electron chi connectivity index (χ0n) is 14.5. The molecule has 1 saturated carbocycles. The van der Waals surface area contributed by atoms with Crippen LogP contribution in [0.3, 0.4) is 0 Å². The number of nitrogens with one attached hydrogen (secondary N) is 1. The summed E-state index contributed by atoms with van der Waals surface area (Å²) in [5.41, 5.74) is 1.48. The highest BCUT2D eigenvalue weighted by Crippen LogP contribution is 2.26. The smallest absolute Gasteiger partial charge is 0.118 e. The first kappa shape index (κ1) is 16.6. The number of hydrogen-bond acceptors (Lipinski definition) is 3. The maximum atomic E-state index is 5.93. The molecule has 0 aliphatic heterocycles. The van der Waals surface area contributed by atoms with E-state index in [9.17, 15) is 0 Å². The van der Waals surface area contributed by atoms with Crippen LogP contribution in [-0.2, 0) is 13.1 Å². The van der Waals surface area contributed by atoms with Gasteiger partial charge in [0, 0.05) is 23.7 Å². The van der Waals surface area contributed by atoms with Gasteiger partial charge in [0.05, 0.1) is 6.54 Å². The lowest BCUT2D eigenvalue weighted by Gasteiger charge is -2.27. The molecule has 0 saturated heterocycles. The topological polar surface area (TPSA) is 28.4 Å². The quantitative estimate of drug-likeness (QED) is 0.850. The fourth-order valence-electron chi connectivity index (χ4n) is 3.17. The van der Waals surface area contributed by atoms with Crippen molar-refractivity contribution in [2.24, 2.45) is 0 Å². The van der Waals surface area contributed by atoms with E-state index in [1.54, 1.807) is 0 Å². The summed E-state index contributed by atoms with van der Waals surface area (Å²) in [5, 5.41) is 3.49. The van der Waals surface area contributed by atoms with Crippen molar-refractivity contribution in [2.45, 2.75) is 85.0 Å². The van der Waals surface area contributed by atoms with E-state index >= 15 is 0 Å². The number of aryl methyl sites for hydroxylation is 1. The van der Waals surface area contributed by atoms with E-state index in [4.69, 9.17) is 4.42 Å². The summed E-state index contributed by atoms with van der Waals surface area (Å²) in [5.74, 6) is 2.14. The molecule has 0 unspecified atom stereocenters. The van der Waals surface area contributed by atoms with Crippen LogP contribution in [-0.4, -0.2) is 23.0 Å². The second-order valence-corrected chi connectivity index (χ2v) is 7.40. The maximum absolute atomic E-state index is 5.93. The molecule has 0 radical (unpaired) electrons. The maximum Gasteiger partial charge on any atom is 0.118 e. The molecule has 0 amide bonds. The molecule has 120 valence electrons. The first-order valence-electron chi connectivity index (χ1n) is 8.46. The van der Waals surface area contributed by atoms with Crippen LogP contribution in [0.15, 0.2) is 10.5 Å². The van der Waals surface area contributed by atoms with Gasteiger partial charge in [-0.3, -0.25) is 4.90 Å². The third kappa shape index (κ3) is 4.86. The first-order valence-corrected chi connectivity index (χ1v) is 8.46. The summed E-state index contributed by atoms with van der Waals surface area (Å²) in [6.45, 7) is 13.9. The lowest BCUT2D eigenvalue weighted by molar-refractivity contribution is 0.199. The molecule has 3 nitrogen and oxygen atoms in total. The Hall–Kier alpha value is -0.800. The van der Waals surface area contributed by atoms with Crippen LogP contribution in [0.1, 0.15) is 70.5 Å². The number of furan rings is 1. The monoisotopic (exact) mass is 292 g/mol. The van der Waals surface area contributed by atoms with Crippen molar-refractivity contribution >= 4 is 0 Å². The van der Waals surface area contributed by atoms with Crippen LogP contribution in [0.25, 0.3) is 0 Å². The third-order valence-electron chi connectivity index (χ3n) is 4.49. The molecule has 0 spiro atoms. The van der Waals surface area contributed by atoms with E-state index in [0.29, 0.717) is 0 Å². The Balaban J connectivity index is 1.97. The molecule has 1 aliphatic rings. The second kappa shape index (κ2) is 6.97. The Morgan fingerprint density at radius 2 is 1.95 bits per heavy atom. The van der Waals surface area contributed by atoms with E-state index in [-0.39, 0.29) is 5.54 Å². The Labute approximate surface area is 130 Å². The number of nitrogens with zero attached hydrogens (tertiary/aromatic N) is 1. The van der Waals surface area contributed by atoms with Crippen molar-refractivity contribution in [2.75, 3.05) is 6.54 Å². The molecule has 21 heavy (non-hydrogen) atoms. The molecule has 1 N–H and O–H groups in total. The Bertz CT molecular complexity index is 439. The minimum Gasteiger partial charge on any atom is -0.465 e. The molecule has 3 heteroatoms. The number of hydrogen-bond donors (Lipinski definition) is 1. The molecule has 2 rings (SSSR count). The molecular weight excluding hydrogens is 260 g/mol. The van der Waals surface area contributed by atoms with Crippen molar-refractivity contribution < 1.29 is 4.42 Å². The SMILES string of the molecule is CCN(Cc1cc(CNC(C)(C)C)oc1C)C1CCCC1. The van der Waals surface area contributed by atoms with E-state index in [1.165, 1.54) is 31.2 Å². The van der Waals surface area contributed by atoms with Gasteiger partial charge < -0.3 is 9.73 Å². The van der Waals surface area contributed by atoms with Crippen LogP contribution in [0.5, 0.6) is 0 Å². The number of rotatable bonds is 6. The van der Waals surface area contributed by atoms with Gasteiger partial charge in [0.2, 0.25) is 0 Å². The highest BCUT2D eigenvalue weighted by molar-refractivity contribution is 5.21. The van der Waals surface area contributed by atoms with Gasteiger partial charge >= 0.3 is 0 Å². The Kier molecular flexibility index (Phi) is 5.50. The van der Waals surface area contributed by atoms with Crippen molar-refractivity contribution in [1.82, 2.24) is 10.2 Å². The molecule has 0 bridgehead atoms. The van der Waals surface area contributed by atoms with E-state index in [1.807, 2.05) is 0 Å². The highest BCUT2D eigenvalue weighted by atomic mass is 16.3. The van der Waals surface area contributed by atoms with Crippen LogP contribution in [0.4, 0.5) is 0 Å². The molecule has 1 aliphatic carbocycles. The molecule has 0 aromatic carbocycles. The van der Waals surface area contributed by atoms with Gasteiger partial charge in [-0.1, -0.05) is 19.8 Å². The fraction of sp³-hybridized carbons (Fsp3) is 0.778. The minimum atomic E-state index is 0.125. The first-order chi connectivity index (χ1) is 9.89. The highest BCUT2D eigenvalue weighted by Gasteiger charge is 2.22. The van der Waals surface area contributed by atoms with Gasteiger partial charge in [-0.25, -0.2) is 0 Å². The summed E-state index contributed by atoms with van der Waals surface area (Å²) in [7, 11) is 0. The van der Waals surface area contributed by atoms with Crippen molar-refractivity contribution in [1.29, 1.82) is 0 Å². The third-order valence-corrected chi connectivity index (χ3v) is 4.49. The van der Waals surface area contributed by atoms with Crippen molar-refractivity contribution in [3.63, 3.8) is 0 Å². The van der Waals surface area contributed by atoms with E-state index in [2.05, 4.69) is 50.9 Å². The lowest BCUT2D eigenvalue weighted by Crippen LogP contribution is -2.34. The summed E-state index contributed by atoms with van der Waals surface area (Å²) in [6.07, 6.45) is 5.52. The molecule has 1 fully saturated rings. The van der Waals surface area contributed by atoms with Crippen LogP contribution < -0.4 is 5.32 Å². The molecule has 1 heterocycles. The normalized spacial score (nSPS) is 17.0. The predicted octanol–water partition coefficient (Wildman–Crippen LogP) is 4.24. The minimum absolute atomic E-state index is 0.125. The molecule has 0 atom stereocenters. The largest absolute Gasteiger partial charge is 0.465 e. The van der Waals surface area contributed by atoms with Crippen LogP contribution in [0.2, 0.25) is 0 Å². The van der Waals surface area contributed by atoms with Gasteiger partial charge in [0.15, 0.2) is 0 Å². The van der Waals surface area contributed by atoms with Gasteiger partial charge in [-0.2, -0.15) is 0 Å². The van der Waals surface area contributed by atoms with Crippen molar-refractivity contribution in [3.8, 4) is 0 Å². The van der Waals surface area contributed by atoms with Gasteiger partial charge in [0.25, 0.3) is 0 Å². The Morgan fingerprint density at radius 1 is 1.29 bits per heavy atom. The summed E-state index contributed by atoms with van der Waals surface area (Å²) >= 11 is 0. The van der Waals surface area contributed by atoms with Gasteiger partial charge in [-0.05, 0) is 53.1 Å². The summed E-state index contributed by atoms with van der Waals surface area (Å²) in [6, 6.07) is 3.02. The van der Waals surface area contributed by atoms with Crippen molar-refractivity contribution in [3.05, 3.63) is 23.2 Å². The Morgan fingerprint density at radius 3 is 2.52 bits per heavy atom. The second-order valence-electron chi connectivity index (χ2n) is 7.40.